The van der Waals surface area contributed by atoms with Gasteiger partial charge in [-0.3, -0.25) is 14.4 Å². The van der Waals surface area contributed by atoms with Crippen LogP contribution >= 0.6 is 0 Å². The highest BCUT2D eigenvalue weighted by molar-refractivity contribution is 5.99. The van der Waals surface area contributed by atoms with E-state index < -0.39 is 11.6 Å². The van der Waals surface area contributed by atoms with Gasteiger partial charge >= 0.3 is 5.97 Å². The summed E-state index contributed by atoms with van der Waals surface area (Å²) in [5.74, 6) is -0.613. The molecule has 1 heterocycles. The highest BCUT2D eigenvalue weighted by atomic mass is 16.6. The van der Waals surface area contributed by atoms with E-state index in [2.05, 4.69) is 0 Å². The fraction of sp³-hybridized carbons (Fsp3) is 0.571. The van der Waals surface area contributed by atoms with Crippen LogP contribution < -0.4 is 4.90 Å². The first-order valence-electron chi connectivity index (χ1n) is 9.47. The lowest BCUT2D eigenvalue weighted by Crippen LogP contribution is -2.43. The Kier molecular flexibility index (Phi) is 6.29. The molecule has 1 aliphatic rings. The number of benzene rings is 1. The topological polar surface area (TPSA) is 66.9 Å². The zero-order valence-corrected chi connectivity index (χ0v) is 17.2. The van der Waals surface area contributed by atoms with Crippen molar-refractivity contribution in [3.05, 3.63) is 29.3 Å². The minimum Gasteiger partial charge on any atom is -0.459 e. The second-order valence-corrected chi connectivity index (χ2v) is 8.04. The summed E-state index contributed by atoms with van der Waals surface area (Å²) in [6, 6.07) is 5.30. The van der Waals surface area contributed by atoms with E-state index in [1.807, 2.05) is 46.8 Å². The highest BCUT2D eigenvalue weighted by Gasteiger charge is 2.28. The Bertz CT molecular complexity index is 736. The van der Waals surface area contributed by atoms with Crippen molar-refractivity contribution in [3.8, 4) is 0 Å². The van der Waals surface area contributed by atoms with Gasteiger partial charge in [-0.2, -0.15) is 0 Å². The molecule has 1 atom stereocenters. The summed E-state index contributed by atoms with van der Waals surface area (Å²) < 4.78 is 5.39. The van der Waals surface area contributed by atoms with Gasteiger partial charge in [0.05, 0.1) is 0 Å². The molecular formula is C21H30N2O4. The van der Waals surface area contributed by atoms with Gasteiger partial charge in [-0.1, -0.05) is 6.92 Å². The number of anilines is 1. The normalized spacial score (nSPS) is 14.5. The first-order chi connectivity index (χ1) is 12.5. The lowest BCUT2D eigenvalue weighted by molar-refractivity contribution is -0.156. The van der Waals surface area contributed by atoms with Crippen molar-refractivity contribution in [3.63, 3.8) is 0 Å². The van der Waals surface area contributed by atoms with E-state index in [0.717, 1.165) is 24.1 Å². The van der Waals surface area contributed by atoms with Gasteiger partial charge in [0, 0.05) is 30.8 Å². The van der Waals surface area contributed by atoms with Crippen LogP contribution in [0.1, 0.15) is 63.9 Å². The van der Waals surface area contributed by atoms with Crippen molar-refractivity contribution in [2.75, 3.05) is 18.0 Å². The second-order valence-electron chi connectivity index (χ2n) is 8.04. The summed E-state index contributed by atoms with van der Waals surface area (Å²) in [5.41, 5.74) is 1.78. The molecule has 0 fully saturated rings. The van der Waals surface area contributed by atoms with E-state index in [0.29, 0.717) is 12.1 Å². The van der Waals surface area contributed by atoms with Crippen LogP contribution in [0.2, 0.25) is 0 Å². The van der Waals surface area contributed by atoms with Crippen LogP contribution in [0.25, 0.3) is 0 Å². The van der Waals surface area contributed by atoms with Crippen LogP contribution in [0, 0.1) is 0 Å². The molecule has 27 heavy (non-hydrogen) atoms. The van der Waals surface area contributed by atoms with Gasteiger partial charge in [-0.05, 0) is 64.3 Å². The average molecular weight is 374 g/mol. The maximum atomic E-state index is 13.1. The zero-order valence-electron chi connectivity index (χ0n) is 17.2. The molecule has 6 nitrogen and oxygen atoms in total. The molecule has 0 N–H and O–H groups in total. The van der Waals surface area contributed by atoms with Crippen molar-refractivity contribution in [2.24, 2.45) is 0 Å². The van der Waals surface area contributed by atoms with Crippen LogP contribution in [0.4, 0.5) is 5.69 Å². The molecule has 0 saturated heterocycles. The van der Waals surface area contributed by atoms with Gasteiger partial charge in [-0.25, -0.2) is 0 Å². The summed E-state index contributed by atoms with van der Waals surface area (Å²) in [7, 11) is 0. The second kappa shape index (κ2) is 8.11. The molecule has 6 heteroatoms. The standard InChI is InChI=1S/C21H30N2O4/c1-7-14(2)23(13-19(25)27-21(4,5)6)20(26)17-8-9-18-16(12-17)10-11-22(18)15(3)24/h8-9,12,14H,7,10-11,13H2,1-6H3/t14-/m1/s1. The SMILES string of the molecule is CC[C@@H](C)N(CC(=O)OC(C)(C)C)C(=O)c1ccc2c(c1)CCN2C(C)=O. The molecule has 0 aliphatic carbocycles. The Morgan fingerprint density at radius 2 is 1.93 bits per heavy atom. The Morgan fingerprint density at radius 3 is 2.48 bits per heavy atom. The number of carbonyl (C=O) groups is 3. The molecule has 0 radical (unpaired) electrons. The maximum absolute atomic E-state index is 13.1. The number of rotatable bonds is 5. The lowest BCUT2D eigenvalue weighted by atomic mass is 10.1. The van der Waals surface area contributed by atoms with Crippen LogP contribution in [0.5, 0.6) is 0 Å². The molecule has 0 unspecified atom stereocenters. The maximum Gasteiger partial charge on any atom is 0.326 e. The molecule has 0 bridgehead atoms. The monoisotopic (exact) mass is 374 g/mol. The molecule has 1 aromatic carbocycles. The molecular weight excluding hydrogens is 344 g/mol. The quantitative estimate of drug-likeness (QED) is 0.743. The van der Waals surface area contributed by atoms with E-state index in [9.17, 15) is 14.4 Å². The van der Waals surface area contributed by atoms with E-state index in [-0.39, 0.29) is 24.4 Å². The Labute approximate surface area is 161 Å². The first-order valence-corrected chi connectivity index (χ1v) is 9.47. The molecule has 148 valence electrons. The third kappa shape index (κ3) is 5.08. The summed E-state index contributed by atoms with van der Waals surface area (Å²) in [6.45, 7) is 11.4. The number of amides is 2. The Morgan fingerprint density at radius 1 is 1.26 bits per heavy atom. The number of fused-ring (bicyclic) bond motifs is 1. The van der Waals surface area contributed by atoms with Gasteiger partial charge in [0.15, 0.2) is 0 Å². The van der Waals surface area contributed by atoms with E-state index in [1.54, 1.807) is 22.8 Å². The van der Waals surface area contributed by atoms with Gasteiger partial charge < -0.3 is 14.5 Å². The summed E-state index contributed by atoms with van der Waals surface area (Å²) >= 11 is 0. The van der Waals surface area contributed by atoms with Crippen molar-refractivity contribution >= 4 is 23.5 Å². The van der Waals surface area contributed by atoms with Crippen LogP contribution in [-0.4, -0.2) is 47.4 Å². The smallest absolute Gasteiger partial charge is 0.326 e. The number of hydrogen-bond donors (Lipinski definition) is 0. The first kappa shape index (κ1) is 20.9. The predicted octanol–water partition coefficient (Wildman–Crippen LogP) is 3.18. The summed E-state index contributed by atoms with van der Waals surface area (Å²) in [5, 5.41) is 0. The van der Waals surface area contributed by atoms with Crippen LogP contribution in [0.3, 0.4) is 0 Å². The lowest BCUT2D eigenvalue weighted by Gasteiger charge is -2.29. The van der Waals surface area contributed by atoms with Crippen molar-refractivity contribution in [1.29, 1.82) is 0 Å². The third-order valence-electron chi connectivity index (χ3n) is 4.71. The molecule has 1 aliphatic heterocycles. The molecule has 0 aromatic heterocycles. The molecule has 2 amide bonds. The van der Waals surface area contributed by atoms with Gasteiger partial charge in [0.2, 0.25) is 5.91 Å². The highest BCUT2D eigenvalue weighted by Crippen LogP contribution is 2.29. The number of ether oxygens (including phenoxy) is 1. The average Bonchev–Trinajstić information content (AvgIpc) is 3.00. The molecule has 0 spiro atoms. The fourth-order valence-electron chi connectivity index (χ4n) is 3.19. The molecule has 2 rings (SSSR count). The molecule has 0 saturated carbocycles. The minimum atomic E-state index is -0.592. The van der Waals surface area contributed by atoms with Crippen molar-refractivity contribution in [1.82, 2.24) is 4.90 Å². The third-order valence-corrected chi connectivity index (χ3v) is 4.71. The van der Waals surface area contributed by atoms with E-state index >= 15 is 0 Å². The van der Waals surface area contributed by atoms with Gasteiger partial charge in [-0.15, -0.1) is 0 Å². The van der Waals surface area contributed by atoms with E-state index in [1.165, 1.54) is 0 Å². The fourth-order valence-corrected chi connectivity index (χ4v) is 3.19. The Balaban J connectivity index is 2.23. The summed E-state index contributed by atoms with van der Waals surface area (Å²) in [4.78, 5) is 40.3. The van der Waals surface area contributed by atoms with Crippen molar-refractivity contribution < 1.29 is 19.1 Å². The Hall–Kier alpha value is -2.37. The minimum absolute atomic E-state index is 0.000941. The molecule has 1 aromatic rings. The predicted molar refractivity (Wildman–Crippen MR) is 105 cm³/mol. The van der Waals surface area contributed by atoms with Gasteiger partial charge in [0.25, 0.3) is 5.91 Å². The van der Waals surface area contributed by atoms with Gasteiger partial charge in [0.1, 0.15) is 12.1 Å². The number of nitrogens with zero attached hydrogens (tertiary/aromatic N) is 2. The summed E-state index contributed by atoms with van der Waals surface area (Å²) in [6.07, 6.45) is 1.46. The van der Waals surface area contributed by atoms with E-state index in [4.69, 9.17) is 4.74 Å². The number of hydrogen-bond acceptors (Lipinski definition) is 4. The van der Waals surface area contributed by atoms with Crippen LogP contribution in [-0.2, 0) is 20.7 Å². The number of carbonyl (C=O) groups excluding carboxylic acids is 3. The largest absolute Gasteiger partial charge is 0.459 e. The zero-order chi connectivity index (χ0) is 20.4. The van der Waals surface area contributed by atoms with Crippen molar-refractivity contribution in [2.45, 2.75) is 66.0 Å². The van der Waals surface area contributed by atoms with Crippen LogP contribution in [0.15, 0.2) is 18.2 Å². The number of esters is 1.